The van der Waals surface area contributed by atoms with Crippen molar-refractivity contribution in [2.24, 2.45) is 5.92 Å². The molecular formula is C12H14N6OS2. The highest BCUT2D eigenvalue weighted by Gasteiger charge is 2.10. The predicted octanol–water partition coefficient (Wildman–Crippen LogP) is 1.69. The maximum absolute atomic E-state index is 11.9. The Balaban J connectivity index is 1.77. The number of thiazole rings is 1. The molecule has 0 aliphatic heterocycles. The topological polar surface area (TPSA) is 78.0 Å². The smallest absolute Gasteiger partial charge is 0.258 e. The lowest BCUT2D eigenvalue weighted by Crippen LogP contribution is -2.12. The second kappa shape index (κ2) is 5.94. The molecule has 0 N–H and O–H groups in total. The lowest BCUT2D eigenvalue weighted by atomic mass is 10.2. The zero-order valence-corrected chi connectivity index (χ0v) is 13.3. The van der Waals surface area contributed by atoms with Crippen molar-refractivity contribution in [1.29, 1.82) is 0 Å². The van der Waals surface area contributed by atoms with Gasteiger partial charge in [-0.1, -0.05) is 25.6 Å². The van der Waals surface area contributed by atoms with Crippen LogP contribution in [0.1, 0.15) is 19.5 Å². The third-order valence-corrected chi connectivity index (χ3v) is 4.49. The first-order valence-corrected chi connectivity index (χ1v) is 8.35. The van der Waals surface area contributed by atoms with Crippen LogP contribution in [0.3, 0.4) is 0 Å². The Morgan fingerprint density at radius 1 is 1.43 bits per heavy atom. The van der Waals surface area contributed by atoms with Gasteiger partial charge in [-0.25, -0.2) is 9.67 Å². The summed E-state index contributed by atoms with van der Waals surface area (Å²) < 4.78 is 3.33. The average molecular weight is 322 g/mol. The number of fused-ring (bicyclic) bond motifs is 1. The molecule has 3 rings (SSSR count). The fourth-order valence-electron chi connectivity index (χ4n) is 1.86. The summed E-state index contributed by atoms with van der Waals surface area (Å²) >= 11 is 2.94. The maximum Gasteiger partial charge on any atom is 0.258 e. The average Bonchev–Trinajstić information content (AvgIpc) is 3.05. The molecule has 0 aromatic carbocycles. The number of hydrogen-bond donors (Lipinski definition) is 0. The summed E-state index contributed by atoms with van der Waals surface area (Å²) in [4.78, 5) is 17.1. The van der Waals surface area contributed by atoms with E-state index < -0.39 is 0 Å². The molecule has 0 atom stereocenters. The Morgan fingerprint density at radius 3 is 3.10 bits per heavy atom. The normalized spacial score (nSPS) is 11.6. The van der Waals surface area contributed by atoms with E-state index >= 15 is 0 Å². The molecule has 3 aromatic rings. The molecule has 0 saturated heterocycles. The van der Waals surface area contributed by atoms with E-state index in [1.54, 1.807) is 21.3 Å². The van der Waals surface area contributed by atoms with Crippen molar-refractivity contribution in [3.63, 3.8) is 0 Å². The minimum Gasteiger partial charge on any atom is -0.269 e. The van der Waals surface area contributed by atoms with E-state index in [-0.39, 0.29) is 5.56 Å². The highest BCUT2D eigenvalue weighted by Crippen LogP contribution is 2.19. The summed E-state index contributed by atoms with van der Waals surface area (Å²) in [6.45, 7) is 5.00. The minimum absolute atomic E-state index is 0.0568. The fourth-order valence-corrected chi connectivity index (χ4v) is 3.38. The summed E-state index contributed by atoms with van der Waals surface area (Å²) in [5.74, 6) is 1.04. The Hall–Kier alpha value is -1.74. The van der Waals surface area contributed by atoms with Crippen molar-refractivity contribution in [2.45, 2.75) is 31.3 Å². The summed E-state index contributed by atoms with van der Waals surface area (Å²) in [5.41, 5.74) is 0.685. The van der Waals surface area contributed by atoms with Crippen LogP contribution in [-0.4, -0.2) is 29.6 Å². The first-order valence-electron chi connectivity index (χ1n) is 6.48. The molecule has 110 valence electrons. The first kappa shape index (κ1) is 14.2. The van der Waals surface area contributed by atoms with Crippen LogP contribution in [-0.2, 0) is 12.3 Å². The Morgan fingerprint density at radius 2 is 2.29 bits per heavy atom. The SMILES string of the molecule is CC(C)Cn1nnnc1SCc1cc(=O)n2ccsc2n1. The summed E-state index contributed by atoms with van der Waals surface area (Å²) in [5, 5.41) is 14.3. The van der Waals surface area contributed by atoms with E-state index in [0.29, 0.717) is 16.6 Å². The van der Waals surface area contributed by atoms with Crippen LogP contribution in [0.25, 0.3) is 4.96 Å². The Bertz CT molecular complexity index is 805. The van der Waals surface area contributed by atoms with E-state index in [9.17, 15) is 4.79 Å². The molecule has 0 unspecified atom stereocenters. The van der Waals surface area contributed by atoms with Crippen LogP contribution in [0, 0.1) is 5.92 Å². The van der Waals surface area contributed by atoms with E-state index in [1.807, 2.05) is 5.38 Å². The highest BCUT2D eigenvalue weighted by atomic mass is 32.2. The number of nitrogens with zero attached hydrogens (tertiary/aromatic N) is 6. The number of aromatic nitrogens is 6. The van der Waals surface area contributed by atoms with E-state index in [0.717, 1.165) is 17.4 Å². The molecular weight excluding hydrogens is 308 g/mol. The minimum atomic E-state index is -0.0568. The van der Waals surface area contributed by atoms with Crippen LogP contribution >= 0.6 is 23.1 Å². The van der Waals surface area contributed by atoms with Gasteiger partial charge in [0.2, 0.25) is 5.16 Å². The van der Waals surface area contributed by atoms with Gasteiger partial charge >= 0.3 is 0 Å². The summed E-state index contributed by atoms with van der Waals surface area (Å²) in [6.07, 6.45) is 1.73. The van der Waals surface area contributed by atoms with Gasteiger partial charge in [0.25, 0.3) is 5.56 Å². The van der Waals surface area contributed by atoms with Crippen molar-refractivity contribution in [3.8, 4) is 0 Å². The van der Waals surface area contributed by atoms with E-state index in [2.05, 4.69) is 34.4 Å². The molecule has 3 aromatic heterocycles. The van der Waals surface area contributed by atoms with Crippen LogP contribution in [0.15, 0.2) is 27.6 Å². The maximum atomic E-state index is 11.9. The van der Waals surface area contributed by atoms with Crippen LogP contribution in [0.2, 0.25) is 0 Å². The molecule has 7 nitrogen and oxygen atoms in total. The van der Waals surface area contributed by atoms with Crippen molar-refractivity contribution in [2.75, 3.05) is 0 Å². The number of hydrogen-bond acceptors (Lipinski definition) is 7. The predicted molar refractivity (Wildman–Crippen MR) is 81.6 cm³/mol. The van der Waals surface area contributed by atoms with Gasteiger partial charge in [-0.05, 0) is 16.3 Å². The molecule has 0 aliphatic rings. The van der Waals surface area contributed by atoms with Gasteiger partial charge < -0.3 is 0 Å². The number of thioether (sulfide) groups is 1. The fraction of sp³-hybridized carbons (Fsp3) is 0.417. The monoisotopic (exact) mass is 322 g/mol. The van der Waals surface area contributed by atoms with Gasteiger partial charge in [-0.3, -0.25) is 9.20 Å². The molecule has 21 heavy (non-hydrogen) atoms. The van der Waals surface area contributed by atoms with Crippen molar-refractivity contribution < 1.29 is 0 Å². The second-order valence-corrected chi connectivity index (χ2v) is 6.78. The van der Waals surface area contributed by atoms with Gasteiger partial charge in [0.15, 0.2) is 4.96 Å². The molecule has 0 amide bonds. The second-order valence-electron chi connectivity index (χ2n) is 4.97. The van der Waals surface area contributed by atoms with Crippen molar-refractivity contribution in [1.82, 2.24) is 29.6 Å². The molecule has 0 saturated carbocycles. The summed E-state index contributed by atoms with van der Waals surface area (Å²) in [7, 11) is 0. The largest absolute Gasteiger partial charge is 0.269 e. The van der Waals surface area contributed by atoms with Gasteiger partial charge in [-0.2, -0.15) is 0 Å². The third-order valence-electron chi connectivity index (χ3n) is 2.74. The van der Waals surface area contributed by atoms with Gasteiger partial charge in [0, 0.05) is 29.9 Å². The first-order chi connectivity index (χ1) is 10.1. The standard InChI is InChI=1S/C12H14N6OS2/c1-8(2)6-18-12(14-15-16-18)21-7-9-5-10(19)17-3-4-20-11(17)13-9/h3-5,8H,6-7H2,1-2H3. The molecule has 0 bridgehead atoms. The van der Waals surface area contributed by atoms with Crippen molar-refractivity contribution >= 4 is 28.1 Å². The zero-order valence-electron chi connectivity index (χ0n) is 11.6. The zero-order chi connectivity index (χ0) is 14.8. The highest BCUT2D eigenvalue weighted by molar-refractivity contribution is 7.98. The molecule has 0 fully saturated rings. The van der Waals surface area contributed by atoms with Crippen LogP contribution in [0.4, 0.5) is 0 Å². The van der Waals surface area contributed by atoms with Crippen LogP contribution < -0.4 is 5.56 Å². The molecule has 9 heteroatoms. The molecule has 3 heterocycles. The molecule has 0 spiro atoms. The quantitative estimate of drug-likeness (QED) is 0.665. The third kappa shape index (κ3) is 3.13. The van der Waals surface area contributed by atoms with Crippen LogP contribution in [0.5, 0.6) is 0 Å². The molecule has 0 radical (unpaired) electrons. The Labute approximate surface area is 129 Å². The van der Waals surface area contributed by atoms with Gasteiger partial charge in [-0.15, -0.1) is 16.4 Å². The lowest BCUT2D eigenvalue weighted by molar-refractivity contribution is 0.446. The Kier molecular flexibility index (Phi) is 4.02. The van der Waals surface area contributed by atoms with Gasteiger partial charge in [0.1, 0.15) is 0 Å². The number of rotatable bonds is 5. The molecule has 0 aliphatic carbocycles. The van der Waals surface area contributed by atoms with Crippen molar-refractivity contribution in [3.05, 3.63) is 33.7 Å². The lowest BCUT2D eigenvalue weighted by Gasteiger charge is -2.06. The summed E-state index contributed by atoms with van der Waals surface area (Å²) in [6, 6.07) is 1.56. The number of tetrazole rings is 1. The van der Waals surface area contributed by atoms with Gasteiger partial charge in [0.05, 0.1) is 5.69 Å². The van der Waals surface area contributed by atoms with E-state index in [1.165, 1.54) is 23.1 Å². The van der Waals surface area contributed by atoms with E-state index in [4.69, 9.17) is 0 Å².